The molecule has 1 N–H and O–H groups in total. The summed E-state index contributed by atoms with van der Waals surface area (Å²) in [5.41, 5.74) is 0.756. The minimum absolute atomic E-state index is 0.148. The molecule has 1 aromatic rings. The topological polar surface area (TPSA) is 29.1 Å². The summed E-state index contributed by atoms with van der Waals surface area (Å²) in [7, 11) is 0. The van der Waals surface area contributed by atoms with Gasteiger partial charge in [0.15, 0.2) is 0 Å². The molecule has 1 fully saturated rings. The Kier molecular flexibility index (Phi) is 3.95. The van der Waals surface area contributed by atoms with Crippen LogP contribution in [0.3, 0.4) is 0 Å². The highest BCUT2D eigenvalue weighted by Gasteiger charge is 2.35. The number of nitrogens with one attached hydrogen (secondary N) is 1. The van der Waals surface area contributed by atoms with Gasteiger partial charge in [-0.05, 0) is 42.9 Å². The van der Waals surface area contributed by atoms with Crippen LogP contribution in [0, 0.1) is 11.2 Å². The van der Waals surface area contributed by atoms with Gasteiger partial charge >= 0.3 is 0 Å². The SMILES string of the molecule is CCC1(CNC(=O)c2ccc(F)c(S)c2)CCC1. The van der Waals surface area contributed by atoms with Gasteiger partial charge in [0.1, 0.15) is 5.82 Å². The summed E-state index contributed by atoms with van der Waals surface area (Å²) in [4.78, 5) is 12.1. The standard InChI is InChI=1S/C14H18FNOS/c1-2-14(6-3-7-14)9-16-13(17)10-4-5-11(15)12(18)8-10/h4-5,8,18H,2-3,6-7,9H2,1H3,(H,16,17). The van der Waals surface area contributed by atoms with Crippen LogP contribution in [-0.2, 0) is 0 Å². The number of carbonyl (C=O) groups excluding carboxylic acids is 1. The lowest BCUT2D eigenvalue weighted by atomic mass is 9.67. The highest BCUT2D eigenvalue weighted by molar-refractivity contribution is 7.80. The molecule has 0 unspecified atom stereocenters. The predicted molar refractivity (Wildman–Crippen MR) is 72.6 cm³/mol. The molecule has 0 aromatic heterocycles. The fourth-order valence-electron chi connectivity index (χ4n) is 2.36. The molecule has 0 bridgehead atoms. The van der Waals surface area contributed by atoms with Gasteiger partial charge in [0, 0.05) is 17.0 Å². The van der Waals surface area contributed by atoms with E-state index in [0.717, 1.165) is 6.42 Å². The van der Waals surface area contributed by atoms with Crippen molar-refractivity contribution >= 4 is 18.5 Å². The van der Waals surface area contributed by atoms with Gasteiger partial charge in [0.2, 0.25) is 0 Å². The fraction of sp³-hybridized carbons (Fsp3) is 0.500. The van der Waals surface area contributed by atoms with Gasteiger partial charge in [0.25, 0.3) is 5.91 Å². The van der Waals surface area contributed by atoms with Crippen molar-refractivity contribution in [2.24, 2.45) is 5.41 Å². The first kappa shape index (κ1) is 13.4. The van der Waals surface area contributed by atoms with E-state index in [4.69, 9.17) is 0 Å². The van der Waals surface area contributed by atoms with Gasteiger partial charge in [0.05, 0.1) is 0 Å². The number of halogens is 1. The molecule has 1 aliphatic rings. The van der Waals surface area contributed by atoms with Crippen LogP contribution in [0.5, 0.6) is 0 Å². The smallest absolute Gasteiger partial charge is 0.251 e. The first-order valence-corrected chi connectivity index (χ1v) is 6.78. The summed E-state index contributed by atoms with van der Waals surface area (Å²) in [6, 6.07) is 4.23. The van der Waals surface area contributed by atoms with E-state index in [1.54, 1.807) is 0 Å². The third-order valence-corrected chi connectivity index (χ3v) is 4.34. The van der Waals surface area contributed by atoms with Crippen LogP contribution < -0.4 is 5.32 Å². The molecule has 1 saturated carbocycles. The summed E-state index contributed by atoms with van der Waals surface area (Å²) in [6.07, 6.45) is 4.71. The van der Waals surface area contributed by atoms with Crippen molar-refractivity contribution in [1.29, 1.82) is 0 Å². The molecule has 2 nitrogen and oxygen atoms in total. The summed E-state index contributed by atoms with van der Waals surface area (Å²) in [5.74, 6) is -0.552. The molecule has 0 saturated heterocycles. The monoisotopic (exact) mass is 267 g/mol. The molecule has 1 aromatic carbocycles. The lowest BCUT2D eigenvalue weighted by molar-refractivity contribution is 0.0850. The highest BCUT2D eigenvalue weighted by atomic mass is 32.1. The second-order valence-corrected chi connectivity index (χ2v) is 5.54. The number of carbonyl (C=O) groups is 1. The summed E-state index contributed by atoms with van der Waals surface area (Å²) in [5, 5.41) is 2.94. The first-order valence-electron chi connectivity index (χ1n) is 6.33. The third kappa shape index (κ3) is 2.69. The Balaban J connectivity index is 1.97. The van der Waals surface area contributed by atoms with Crippen molar-refractivity contribution in [3.05, 3.63) is 29.6 Å². The molecule has 98 valence electrons. The average molecular weight is 267 g/mol. The van der Waals surface area contributed by atoms with Crippen LogP contribution in [0.15, 0.2) is 23.1 Å². The lowest BCUT2D eigenvalue weighted by Crippen LogP contribution is -2.41. The van der Waals surface area contributed by atoms with E-state index in [1.165, 1.54) is 37.5 Å². The van der Waals surface area contributed by atoms with Gasteiger partial charge < -0.3 is 5.32 Å². The van der Waals surface area contributed by atoms with E-state index in [1.807, 2.05) is 0 Å². The minimum atomic E-state index is -0.404. The van der Waals surface area contributed by atoms with E-state index in [9.17, 15) is 9.18 Å². The zero-order chi connectivity index (χ0) is 13.2. The van der Waals surface area contributed by atoms with Crippen LogP contribution >= 0.6 is 12.6 Å². The Bertz CT molecular complexity index is 452. The third-order valence-electron chi connectivity index (χ3n) is 4.00. The number of benzene rings is 1. The quantitative estimate of drug-likeness (QED) is 0.804. The van der Waals surface area contributed by atoms with Gasteiger partial charge in [-0.2, -0.15) is 0 Å². The molecule has 2 rings (SSSR count). The van der Waals surface area contributed by atoms with E-state index in [2.05, 4.69) is 24.9 Å². The number of thiol groups is 1. The maximum absolute atomic E-state index is 13.0. The van der Waals surface area contributed by atoms with Gasteiger partial charge in [-0.15, -0.1) is 12.6 Å². The van der Waals surface area contributed by atoms with Gasteiger partial charge in [-0.25, -0.2) is 4.39 Å². The summed E-state index contributed by atoms with van der Waals surface area (Å²) in [6.45, 7) is 2.87. The zero-order valence-corrected chi connectivity index (χ0v) is 11.4. The maximum atomic E-state index is 13.0. The zero-order valence-electron chi connectivity index (χ0n) is 10.5. The molecule has 18 heavy (non-hydrogen) atoms. The Morgan fingerprint density at radius 2 is 2.22 bits per heavy atom. The number of rotatable bonds is 4. The predicted octanol–water partition coefficient (Wildman–Crippen LogP) is 3.42. The fourth-order valence-corrected chi connectivity index (χ4v) is 2.57. The summed E-state index contributed by atoms with van der Waals surface area (Å²) < 4.78 is 13.0. The Labute approximate surface area is 112 Å². The van der Waals surface area contributed by atoms with Crippen molar-refractivity contribution in [2.75, 3.05) is 6.54 Å². The second-order valence-electron chi connectivity index (χ2n) is 5.06. The molecule has 0 radical (unpaired) electrons. The normalized spacial score (nSPS) is 17.1. The van der Waals surface area contributed by atoms with Crippen molar-refractivity contribution < 1.29 is 9.18 Å². The number of hydrogen-bond donors (Lipinski definition) is 2. The molecule has 1 amide bonds. The molecule has 0 aliphatic heterocycles. The van der Waals surface area contributed by atoms with E-state index in [-0.39, 0.29) is 10.8 Å². The highest BCUT2D eigenvalue weighted by Crippen LogP contribution is 2.43. The van der Waals surface area contributed by atoms with Crippen LogP contribution in [0.25, 0.3) is 0 Å². The van der Waals surface area contributed by atoms with Gasteiger partial charge in [-0.1, -0.05) is 13.3 Å². The van der Waals surface area contributed by atoms with E-state index in [0.29, 0.717) is 17.5 Å². The average Bonchev–Trinajstić information content (AvgIpc) is 2.31. The van der Waals surface area contributed by atoms with Crippen LogP contribution in [0.4, 0.5) is 4.39 Å². The largest absolute Gasteiger partial charge is 0.351 e. The van der Waals surface area contributed by atoms with E-state index < -0.39 is 5.82 Å². The van der Waals surface area contributed by atoms with E-state index >= 15 is 0 Å². The van der Waals surface area contributed by atoms with Crippen molar-refractivity contribution in [1.82, 2.24) is 5.32 Å². The van der Waals surface area contributed by atoms with Crippen LogP contribution in [0.1, 0.15) is 43.0 Å². The molecule has 0 atom stereocenters. The second kappa shape index (κ2) is 5.31. The Hall–Kier alpha value is -1.03. The molecule has 4 heteroatoms. The maximum Gasteiger partial charge on any atom is 0.251 e. The van der Waals surface area contributed by atoms with Crippen LogP contribution in [-0.4, -0.2) is 12.5 Å². The van der Waals surface area contributed by atoms with Crippen molar-refractivity contribution in [2.45, 2.75) is 37.5 Å². The molecule has 0 heterocycles. The Morgan fingerprint density at radius 1 is 1.50 bits per heavy atom. The molecule has 0 spiro atoms. The first-order chi connectivity index (χ1) is 8.56. The molecular weight excluding hydrogens is 249 g/mol. The summed E-state index contributed by atoms with van der Waals surface area (Å²) >= 11 is 3.98. The van der Waals surface area contributed by atoms with Crippen molar-refractivity contribution in [3.63, 3.8) is 0 Å². The number of amides is 1. The minimum Gasteiger partial charge on any atom is -0.351 e. The van der Waals surface area contributed by atoms with Crippen molar-refractivity contribution in [3.8, 4) is 0 Å². The number of hydrogen-bond acceptors (Lipinski definition) is 2. The Morgan fingerprint density at radius 3 is 2.72 bits per heavy atom. The molecular formula is C14H18FNOS. The van der Waals surface area contributed by atoms with Gasteiger partial charge in [-0.3, -0.25) is 4.79 Å². The van der Waals surface area contributed by atoms with Crippen LogP contribution in [0.2, 0.25) is 0 Å². The molecule has 1 aliphatic carbocycles. The lowest BCUT2D eigenvalue weighted by Gasteiger charge is -2.41.